The highest BCUT2D eigenvalue weighted by molar-refractivity contribution is 7.80. The maximum absolute atomic E-state index is 10.7. The van der Waals surface area contributed by atoms with Gasteiger partial charge in [-0.15, -0.1) is 0 Å². The van der Waals surface area contributed by atoms with Crippen LogP contribution in [-0.2, 0) is 0 Å². The number of thiocarbonyl (C=S) groups is 1. The van der Waals surface area contributed by atoms with E-state index in [9.17, 15) is 5.11 Å². The number of aromatic nitrogens is 2. The van der Waals surface area contributed by atoms with E-state index < -0.39 is 0 Å². The monoisotopic (exact) mass is 468 g/mol. The van der Waals surface area contributed by atoms with Crippen LogP contribution in [0.3, 0.4) is 0 Å². The first-order chi connectivity index (χ1) is 16.4. The lowest BCUT2D eigenvalue weighted by Gasteiger charge is -2.28. The van der Waals surface area contributed by atoms with E-state index in [1.165, 1.54) is 16.8 Å². The molecule has 6 heteroatoms. The average molecular weight is 469 g/mol. The topological polar surface area (TPSA) is 53.3 Å². The van der Waals surface area contributed by atoms with Crippen LogP contribution in [0, 0.1) is 27.7 Å². The number of hydrogen-bond acceptors (Lipinski definition) is 3. The molecule has 3 heterocycles. The maximum atomic E-state index is 10.7. The van der Waals surface area contributed by atoms with Crippen molar-refractivity contribution in [3.63, 3.8) is 0 Å². The summed E-state index contributed by atoms with van der Waals surface area (Å²) in [7, 11) is 0. The molecule has 5 nitrogen and oxygen atoms in total. The van der Waals surface area contributed by atoms with E-state index in [0.29, 0.717) is 10.8 Å². The summed E-state index contributed by atoms with van der Waals surface area (Å²) in [4.78, 5) is 6.67. The normalized spacial score (nSPS) is 17.8. The molecule has 1 aliphatic heterocycles. The highest BCUT2D eigenvalue weighted by Crippen LogP contribution is 2.45. The van der Waals surface area contributed by atoms with E-state index in [2.05, 4.69) is 66.8 Å². The van der Waals surface area contributed by atoms with Crippen molar-refractivity contribution in [1.29, 1.82) is 0 Å². The highest BCUT2D eigenvalue weighted by atomic mass is 32.1. The molecule has 5 rings (SSSR count). The lowest BCUT2D eigenvalue weighted by atomic mass is 9.96. The Kier molecular flexibility index (Phi) is 5.62. The Hall–Kier alpha value is -3.64. The molecule has 1 fully saturated rings. The molecule has 2 aromatic heterocycles. The van der Waals surface area contributed by atoms with Gasteiger partial charge in [-0.25, -0.2) is 0 Å². The quantitative estimate of drug-likeness (QED) is 0.361. The van der Waals surface area contributed by atoms with Crippen molar-refractivity contribution >= 4 is 23.0 Å². The van der Waals surface area contributed by atoms with Gasteiger partial charge in [0.2, 0.25) is 0 Å². The van der Waals surface area contributed by atoms with Gasteiger partial charge in [-0.05, 0) is 93.0 Å². The minimum atomic E-state index is -0.180. The van der Waals surface area contributed by atoms with Gasteiger partial charge in [0, 0.05) is 23.3 Å². The van der Waals surface area contributed by atoms with Crippen LogP contribution in [-0.4, -0.2) is 19.8 Å². The molecule has 4 aromatic rings. The number of pyridine rings is 1. The van der Waals surface area contributed by atoms with Crippen LogP contribution in [0.25, 0.3) is 5.69 Å². The van der Waals surface area contributed by atoms with Crippen molar-refractivity contribution in [3.8, 4) is 11.4 Å². The zero-order valence-electron chi connectivity index (χ0n) is 19.8. The molecule has 0 aliphatic carbocycles. The first-order valence-corrected chi connectivity index (χ1v) is 11.8. The molecule has 0 radical (unpaired) electrons. The highest BCUT2D eigenvalue weighted by Gasteiger charge is 2.43. The molecular formula is C28H28N4OS. The minimum absolute atomic E-state index is 0.166. The molecule has 0 spiro atoms. The minimum Gasteiger partial charge on any atom is -0.506 e. The third-order valence-corrected chi connectivity index (χ3v) is 6.95. The van der Waals surface area contributed by atoms with Crippen molar-refractivity contribution in [1.82, 2.24) is 14.9 Å². The molecule has 0 bridgehead atoms. The van der Waals surface area contributed by atoms with Crippen LogP contribution in [0.1, 0.15) is 45.9 Å². The number of phenolic OH excluding ortho intramolecular Hbond substituents is 1. The smallest absolute Gasteiger partial charge is 0.174 e. The molecular weight excluding hydrogens is 440 g/mol. The van der Waals surface area contributed by atoms with Gasteiger partial charge in [0.05, 0.1) is 23.5 Å². The number of nitrogens with one attached hydrogen (secondary N) is 1. The lowest BCUT2D eigenvalue weighted by molar-refractivity contribution is 0.472. The van der Waals surface area contributed by atoms with Crippen LogP contribution < -0.4 is 10.2 Å². The third-order valence-electron chi connectivity index (χ3n) is 6.63. The summed E-state index contributed by atoms with van der Waals surface area (Å²) >= 11 is 5.82. The van der Waals surface area contributed by atoms with Gasteiger partial charge in [-0.3, -0.25) is 4.98 Å². The molecule has 0 unspecified atom stereocenters. The van der Waals surface area contributed by atoms with Crippen LogP contribution in [0.15, 0.2) is 72.9 Å². The number of phenols is 1. The van der Waals surface area contributed by atoms with Gasteiger partial charge >= 0.3 is 0 Å². The predicted octanol–water partition coefficient (Wildman–Crippen LogP) is 5.99. The second-order valence-electron chi connectivity index (χ2n) is 8.94. The Morgan fingerprint density at radius 2 is 1.68 bits per heavy atom. The van der Waals surface area contributed by atoms with Crippen LogP contribution in [0.5, 0.6) is 5.75 Å². The number of aromatic hydroxyl groups is 1. The van der Waals surface area contributed by atoms with Crippen LogP contribution in [0.4, 0.5) is 5.69 Å². The van der Waals surface area contributed by atoms with Crippen molar-refractivity contribution in [2.24, 2.45) is 0 Å². The molecule has 0 amide bonds. The Balaban J connectivity index is 1.72. The van der Waals surface area contributed by atoms with Gasteiger partial charge in [0.15, 0.2) is 5.11 Å². The average Bonchev–Trinajstić information content (AvgIpc) is 3.31. The summed E-state index contributed by atoms with van der Waals surface area (Å²) in [5.74, 6) is 0.196. The summed E-state index contributed by atoms with van der Waals surface area (Å²) in [6.45, 7) is 8.56. The number of nitrogens with zero attached hydrogens (tertiary/aromatic N) is 3. The fourth-order valence-electron chi connectivity index (χ4n) is 5.02. The molecule has 2 N–H and O–H groups in total. The molecule has 2 atom stereocenters. The molecule has 0 saturated carbocycles. The van der Waals surface area contributed by atoms with E-state index in [1.54, 1.807) is 12.3 Å². The van der Waals surface area contributed by atoms with E-state index >= 15 is 0 Å². The number of benzene rings is 2. The van der Waals surface area contributed by atoms with Crippen molar-refractivity contribution in [2.75, 3.05) is 4.90 Å². The SMILES string of the molecule is Cc1ccc(C)c(-n2c(C)cc([C@@H]3[C@H](c4ccccn4)NC(=S)N3c3ccccc3O)c2C)c1. The lowest BCUT2D eigenvalue weighted by Crippen LogP contribution is -2.29. The largest absolute Gasteiger partial charge is 0.506 e. The van der Waals surface area contributed by atoms with Gasteiger partial charge in [0.1, 0.15) is 5.75 Å². The molecule has 2 aromatic carbocycles. The summed E-state index contributed by atoms with van der Waals surface area (Å²) in [6.07, 6.45) is 1.80. The van der Waals surface area contributed by atoms with Gasteiger partial charge < -0.3 is 19.9 Å². The summed E-state index contributed by atoms with van der Waals surface area (Å²) in [5, 5.41) is 14.8. The number of aryl methyl sites for hydroxylation is 3. The number of para-hydroxylation sites is 2. The Labute approximate surface area is 205 Å². The van der Waals surface area contributed by atoms with Crippen LogP contribution >= 0.6 is 12.2 Å². The van der Waals surface area contributed by atoms with E-state index in [-0.39, 0.29) is 17.8 Å². The van der Waals surface area contributed by atoms with Gasteiger partial charge in [-0.1, -0.05) is 30.3 Å². The summed E-state index contributed by atoms with van der Waals surface area (Å²) < 4.78 is 2.32. The molecule has 34 heavy (non-hydrogen) atoms. The second kappa shape index (κ2) is 8.61. The van der Waals surface area contributed by atoms with E-state index in [1.807, 2.05) is 41.3 Å². The van der Waals surface area contributed by atoms with Gasteiger partial charge in [0.25, 0.3) is 0 Å². The number of hydrogen-bond donors (Lipinski definition) is 2. The summed E-state index contributed by atoms with van der Waals surface area (Å²) in [5.41, 5.74) is 8.64. The van der Waals surface area contributed by atoms with Crippen molar-refractivity contribution in [3.05, 3.63) is 107 Å². The molecule has 1 saturated heterocycles. The predicted molar refractivity (Wildman–Crippen MR) is 141 cm³/mol. The number of anilines is 1. The van der Waals surface area contributed by atoms with Crippen LogP contribution in [0.2, 0.25) is 0 Å². The first kappa shape index (κ1) is 22.2. The fourth-order valence-corrected chi connectivity index (χ4v) is 5.36. The summed E-state index contributed by atoms with van der Waals surface area (Å²) in [6, 6.07) is 21.7. The first-order valence-electron chi connectivity index (χ1n) is 11.4. The maximum Gasteiger partial charge on any atom is 0.174 e. The Morgan fingerprint density at radius 1 is 0.912 bits per heavy atom. The molecule has 1 aliphatic rings. The third kappa shape index (κ3) is 3.64. The number of rotatable bonds is 4. The Morgan fingerprint density at radius 3 is 2.41 bits per heavy atom. The molecule has 172 valence electrons. The zero-order valence-corrected chi connectivity index (χ0v) is 20.6. The van der Waals surface area contributed by atoms with E-state index in [0.717, 1.165) is 22.6 Å². The standard InChI is InChI=1S/C28H28N4OS/c1-17-12-13-18(2)24(15-17)31-19(3)16-21(20(31)4)27-26(22-9-7-8-14-29-22)30-28(34)32(27)23-10-5-6-11-25(23)33/h5-16,26-27,33H,1-4H3,(H,30,34)/t26-,27+/m0/s1. The zero-order chi connectivity index (χ0) is 24.0. The van der Waals surface area contributed by atoms with Crippen molar-refractivity contribution in [2.45, 2.75) is 39.8 Å². The second-order valence-corrected chi connectivity index (χ2v) is 9.32. The fraction of sp³-hybridized carbons (Fsp3) is 0.214. The van der Waals surface area contributed by atoms with Gasteiger partial charge in [-0.2, -0.15) is 0 Å². The van der Waals surface area contributed by atoms with Crippen molar-refractivity contribution < 1.29 is 5.11 Å². The Bertz CT molecular complexity index is 1380. The van der Waals surface area contributed by atoms with E-state index in [4.69, 9.17) is 12.2 Å².